The van der Waals surface area contributed by atoms with Crippen LogP contribution in [-0.2, 0) is 17.8 Å². The Kier molecular flexibility index (Phi) is 7.26. The van der Waals surface area contributed by atoms with E-state index in [0.717, 1.165) is 29.8 Å². The van der Waals surface area contributed by atoms with Crippen LogP contribution < -0.4 is 15.6 Å². The Morgan fingerprint density at radius 2 is 1.88 bits per heavy atom. The summed E-state index contributed by atoms with van der Waals surface area (Å²) >= 11 is 0. The molecule has 25 heavy (non-hydrogen) atoms. The minimum Gasteiger partial charge on any atom is -0.494 e. The number of amides is 1. The number of rotatable bonds is 9. The van der Waals surface area contributed by atoms with Gasteiger partial charge in [-0.1, -0.05) is 18.2 Å². The quantitative estimate of drug-likeness (QED) is 0.713. The number of carbonyl (C=O) groups is 1. The lowest BCUT2D eigenvalue weighted by Crippen LogP contribution is -2.27. The molecular weight excluding hydrogens is 316 g/mol. The number of ether oxygens (including phenoxy) is 1. The standard InChI is InChI=1S/C20H26N2O3/c1-3-25-18-11-9-17(10-12-18)15-19(23)21-13-4-5-14-22-16(2)7-6-8-20(22)24/h6-12H,3-5,13-15H2,1-2H3,(H,21,23). The zero-order valence-corrected chi connectivity index (χ0v) is 15.0. The molecule has 5 nitrogen and oxygen atoms in total. The summed E-state index contributed by atoms with van der Waals surface area (Å²) in [6.45, 7) is 5.81. The minimum absolute atomic E-state index is 0.0113. The van der Waals surface area contributed by atoms with Crippen molar-refractivity contribution in [2.24, 2.45) is 0 Å². The normalized spacial score (nSPS) is 10.5. The van der Waals surface area contributed by atoms with Crippen LogP contribution in [0.5, 0.6) is 5.75 Å². The van der Waals surface area contributed by atoms with Crippen molar-refractivity contribution in [1.29, 1.82) is 0 Å². The first kappa shape index (κ1) is 18.8. The van der Waals surface area contributed by atoms with E-state index in [-0.39, 0.29) is 11.5 Å². The van der Waals surface area contributed by atoms with E-state index in [1.807, 2.05) is 44.2 Å². The molecule has 1 aromatic carbocycles. The molecule has 5 heteroatoms. The molecule has 0 aliphatic rings. The van der Waals surface area contributed by atoms with Crippen LogP contribution in [0.4, 0.5) is 0 Å². The fourth-order valence-electron chi connectivity index (χ4n) is 2.65. The van der Waals surface area contributed by atoms with Gasteiger partial charge in [0.25, 0.3) is 5.56 Å². The summed E-state index contributed by atoms with van der Waals surface area (Å²) in [5.41, 5.74) is 1.96. The first-order chi connectivity index (χ1) is 12.1. The third kappa shape index (κ3) is 6.10. The zero-order valence-electron chi connectivity index (χ0n) is 15.0. The lowest BCUT2D eigenvalue weighted by Gasteiger charge is -2.10. The van der Waals surface area contributed by atoms with E-state index in [0.29, 0.717) is 26.1 Å². The molecule has 134 valence electrons. The lowest BCUT2D eigenvalue weighted by atomic mass is 10.1. The maximum absolute atomic E-state index is 12.0. The number of benzene rings is 1. The Hall–Kier alpha value is -2.56. The van der Waals surface area contributed by atoms with Gasteiger partial charge in [-0.05, 0) is 50.5 Å². The Morgan fingerprint density at radius 1 is 1.12 bits per heavy atom. The van der Waals surface area contributed by atoms with Gasteiger partial charge in [0.15, 0.2) is 0 Å². The first-order valence-electron chi connectivity index (χ1n) is 8.75. The summed E-state index contributed by atoms with van der Waals surface area (Å²) in [7, 11) is 0. The number of unbranched alkanes of at least 4 members (excludes halogenated alkanes) is 1. The van der Waals surface area contributed by atoms with Gasteiger partial charge in [0.1, 0.15) is 5.75 Å². The van der Waals surface area contributed by atoms with Gasteiger partial charge in [-0.15, -0.1) is 0 Å². The highest BCUT2D eigenvalue weighted by Gasteiger charge is 2.04. The maximum Gasteiger partial charge on any atom is 0.250 e. The third-order valence-electron chi connectivity index (χ3n) is 4.00. The average Bonchev–Trinajstić information content (AvgIpc) is 2.59. The highest BCUT2D eigenvalue weighted by Crippen LogP contribution is 2.12. The first-order valence-corrected chi connectivity index (χ1v) is 8.75. The van der Waals surface area contributed by atoms with Gasteiger partial charge in [0.2, 0.25) is 5.91 Å². The van der Waals surface area contributed by atoms with Gasteiger partial charge in [-0.2, -0.15) is 0 Å². The van der Waals surface area contributed by atoms with E-state index in [9.17, 15) is 9.59 Å². The highest BCUT2D eigenvalue weighted by atomic mass is 16.5. The summed E-state index contributed by atoms with van der Waals surface area (Å²) in [6.07, 6.45) is 2.06. The van der Waals surface area contributed by atoms with Crippen molar-refractivity contribution in [1.82, 2.24) is 9.88 Å². The van der Waals surface area contributed by atoms with Gasteiger partial charge in [-0.3, -0.25) is 9.59 Å². The Bertz CT molecular complexity index is 735. The SMILES string of the molecule is CCOc1ccc(CC(=O)NCCCCn2c(C)cccc2=O)cc1. The zero-order chi connectivity index (χ0) is 18.1. The van der Waals surface area contributed by atoms with E-state index in [1.54, 1.807) is 16.7 Å². The monoisotopic (exact) mass is 342 g/mol. The highest BCUT2D eigenvalue weighted by molar-refractivity contribution is 5.78. The van der Waals surface area contributed by atoms with Gasteiger partial charge in [0.05, 0.1) is 13.0 Å². The van der Waals surface area contributed by atoms with Crippen molar-refractivity contribution in [2.75, 3.05) is 13.2 Å². The molecular formula is C20H26N2O3. The van der Waals surface area contributed by atoms with E-state index in [2.05, 4.69) is 5.32 Å². The number of carbonyl (C=O) groups excluding carboxylic acids is 1. The average molecular weight is 342 g/mol. The molecule has 1 amide bonds. The van der Waals surface area contributed by atoms with Crippen molar-refractivity contribution in [2.45, 2.75) is 39.7 Å². The predicted octanol–water partition coefficient (Wildman–Crippen LogP) is 2.69. The number of nitrogens with zero attached hydrogens (tertiary/aromatic N) is 1. The fraction of sp³-hybridized carbons (Fsp3) is 0.400. The van der Waals surface area contributed by atoms with Crippen LogP contribution >= 0.6 is 0 Å². The molecule has 0 fully saturated rings. The molecule has 0 radical (unpaired) electrons. The summed E-state index contributed by atoms with van der Waals surface area (Å²) < 4.78 is 7.15. The van der Waals surface area contributed by atoms with Crippen molar-refractivity contribution in [3.05, 3.63) is 64.1 Å². The molecule has 1 N–H and O–H groups in total. The molecule has 0 aliphatic heterocycles. The summed E-state index contributed by atoms with van der Waals surface area (Å²) in [5.74, 6) is 0.829. The maximum atomic E-state index is 12.0. The summed E-state index contributed by atoms with van der Waals surface area (Å²) in [6, 6.07) is 12.9. The van der Waals surface area contributed by atoms with Crippen LogP contribution in [0.15, 0.2) is 47.3 Å². The largest absolute Gasteiger partial charge is 0.494 e. The third-order valence-corrected chi connectivity index (χ3v) is 4.00. The Labute approximate surface area is 148 Å². The lowest BCUT2D eigenvalue weighted by molar-refractivity contribution is -0.120. The molecule has 0 saturated heterocycles. The molecule has 0 spiro atoms. The molecule has 0 aliphatic carbocycles. The number of aromatic nitrogens is 1. The molecule has 1 heterocycles. The molecule has 0 unspecified atom stereocenters. The molecule has 0 saturated carbocycles. The molecule has 2 aromatic rings. The van der Waals surface area contributed by atoms with Crippen molar-refractivity contribution in [3.8, 4) is 5.75 Å². The summed E-state index contributed by atoms with van der Waals surface area (Å²) in [4.78, 5) is 23.7. The topological polar surface area (TPSA) is 60.3 Å². The minimum atomic E-state index is 0.0113. The Morgan fingerprint density at radius 3 is 2.56 bits per heavy atom. The van der Waals surface area contributed by atoms with Crippen LogP contribution in [0.1, 0.15) is 31.0 Å². The molecule has 0 bridgehead atoms. The van der Waals surface area contributed by atoms with Crippen molar-refractivity contribution < 1.29 is 9.53 Å². The van der Waals surface area contributed by atoms with Crippen LogP contribution in [-0.4, -0.2) is 23.6 Å². The fourth-order valence-corrected chi connectivity index (χ4v) is 2.65. The van der Waals surface area contributed by atoms with E-state index in [1.165, 1.54) is 0 Å². The second kappa shape index (κ2) is 9.67. The van der Waals surface area contributed by atoms with Crippen LogP contribution in [0.3, 0.4) is 0 Å². The number of hydrogen-bond acceptors (Lipinski definition) is 3. The molecule has 0 atom stereocenters. The van der Waals surface area contributed by atoms with Crippen molar-refractivity contribution >= 4 is 5.91 Å². The van der Waals surface area contributed by atoms with Crippen molar-refractivity contribution in [3.63, 3.8) is 0 Å². The van der Waals surface area contributed by atoms with Gasteiger partial charge in [-0.25, -0.2) is 0 Å². The van der Waals surface area contributed by atoms with Gasteiger partial charge < -0.3 is 14.6 Å². The second-order valence-corrected chi connectivity index (χ2v) is 5.97. The number of nitrogens with one attached hydrogen (secondary N) is 1. The van der Waals surface area contributed by atoms with Crippen LogP contribution in [0.2, 0.25) is 0 Å². The number of pyridine rings is 1. The summed E-state index contributed by atoms with van der Waals surface area (Å²) in [5, 5.41) is 2.93. The van der Waals surface area contributed by atoms with E-state index in [4.69, 9.17) is 4.74 Å². The van der Waals surface area contributed by atoms with E-state index >= 15 is 0 Å². The number of aryl methyl sites for hydroxylation is 1. The Balaban J connectivity index is 1.67. The number of hydrogen-bond donors (Lipinski definition) is 1. The predicted molar refractivity (Wildman–Crippen MR) is 99.0 cm³/mol. The van der Waals surface area contributed by atoms with Crippen LogP contribution in [0, 0.1) is 6.92 Å². The van der Waals surface area contributed by atoms with E-state index < -0.39 is 0 Å². The van der Waals surface area contributed by atoms with Crippen LogP contribution in [0.25, 0.3) is 0 Å². The second-order valence-electron chi connectivity index (χ2n) is 5.97. The molecule has 1 aromatic heterocycles. The van der Waals surface area contributed by atoms with Gasteiger partial charge in [0, 0.05) is 24.8 Å². The molecule has 2 rings (SSSR count). The smallest absolute Gasteiger partial charge is 0.250 e. The van der Waals surface area contributed by atoms with Gasteiger partial charge >= 0.3 is 0 Å².